The number of urea groups is 1. The Morgan fingerprint density at radius 3 is 2.80 bits per heavy atom. The number of likely N-dealkylation sites (tertiary alicyclic amines) is 1. The number of aliphatic carboxylic acids is 1. The maximum absolute atomic E-state index is 11.9. The average molecular weight is 281 g/mol. The molecule has 1 aliphatic heterocycles. The SMILES string of the molecule is O=C(O)CC1CCN(C(=O)NCCc2ncn[nH]2)CC1. The van der Waals surface area contributed by atoms with Crippen LogP contribution in [-0.2, 0) is 11.2 Å². The molecule has 8 nitrogen and oxygen atoms in total. The molecule has 8 heteroatoms. The average Bonchev–Trinajstić information content (AvgIpc) is 2.92. The van der Waals surface area contributed by atoms with Crippen molar-refractivity contribution in [3.63, 3.8) is 0 Å². The summed E-state index contributed by atoms with van der Waals surface area (Å²) in [6.45, 7) is 1.74. The highest BCUT2D eigenvalue weighted by molar-refractivity contribution is 5.74. The van der Waals surface area contributed by atoms with Crippen LogP contribution >= 0.6 is 0 Å². The lowest BCUT2D eigenvalue weighted by Gasteiger charge is -2.31. The van der Waals surface area contributed by atoms with E-state index < -0.39 is 5.97 Å². The molecule has 1 aliphatic rings. The number of aromatic nitrogens is 3. The molecule has 3 N–H and O–H groups in total. The van der Waals surface area contributed by atoms with Gasteiger partial charge in [-0.05, 0) is 18.8 Å². The van der Waals surface area contributed by atoms with E-state index in [2.05, 4.69) is 20.5 Å². The number of carboxylic acid groups (broad SMARTS) is 1. The van der Waals surface area contributed by atoms with E-state index in [1.165, 1.54) is 6.33 Å². The summed E-state index contributed by atoms with van der Waals surface area (Å²) in [5.74, 6) is 0.163. The fourth-order valence-corrected chi connectivity index (χ4v) is 2.34. The summed E-state index contributed by atoms with van der Waals surface area (Å²) in [6, 6.07) is -0.0988. The molecule has 1 aromatic rings. The number of amides is 2. The molecule has 1 fully saturated rings. The summed E-state index contributed by atoms with van der Waals surface area (Å²) in [5, 5.41) is 18.0. The summed E-state index contributed by atoms with van der Waals surface area (Å²) >= 11 is 0. The van der Waals surface area contributed by atoms with Crippen molar-refractivity contribution >= 4 is 12.0 Å². The second-order valence-electron chi connectivity index (χ2n) is 4.94. The van der Waals surface area contributed by atoms with Crippen LogP contribution in [0.3, 0.4) is 0 Å². The predicted octanol–water partition coefficient (Wildman–Crippen LogP) is 0.243. The molecule has 1 saturated heterocycles. The number of hydrogen-bond donors (Lipinski definition) is 3. The van der Waals surface area contributed by atoms with Crippen molar-refractivity contribution in [3.05, 3.63) is 12.2 Å². The van der Waals surface area contributed by atoms with Gasteiger partial charge in [0.2, 0.25) is 0 Å². The molecule has 0 saturated carbocycles. The Balaban J connectivity index is 1.65. The van der Waals surface area contributed by atoms with Crippen molar-refractivity contribution in [2.45, 2.75) is 25.7 Å². The molecule has 20 heavy (non-hydrogen) atoms. The highest BCUT2D eigenvalue weighted by atomic mass is 16.4. The molecular formula is C12H19N5O3. The summed E-state index contributed by atoms with van der Waals surface area (Å²) < 4.78 is 0. The summed E-state index contributed by atoms with van der Waals surface area (Å²) in [4.78, 5) is 28.2. The minimum absolute atomic E-state index is 0.0988. The van der Waals surface area contributed by atoms with Gasteiger partial charge in [-0.1, -0.05) is 0 Å². The van der Waals surface area contributed by atoms with Gasteiger partial charge in [-0.3, -0.25) is 9.89 Å². The second-order valence-corrected chi connectivity index (χ2v) is 4.94. The lowest BCUT2D eigenvalue weighted by molar-refractivity contribution is -0.138. The molecule has 0 radical (unpaired) electrons. The van der Waals surface area contributed by atoms with Gasteiger partial charge in [0.05, 0.1) is 0 Å². The van der Waals surface area contributed by atoms with E-state index in [4.69, 9.17) is 5.11 Å². The molecule has 0 aromatic carbocycles. The van der Waals surface area contributed by atoms with Gasteiger partial charge in [0.25, 0.3) is 0 Å². The van der Waals surface area contributed by atoms with Crippen LogP contribution < -0.4 is 5.32 Å². The molecule has 0 atom stereocenters. The van der Waals surface area contributed by atoms with Crippen LogP contribution in [0.15, 0.2) is 6.33 Å². The smallest absolute Gasteiger partial charge is 0.317 e. The number of piperidine rings is 1. The number of carboxylic acids is 1. The van der Waals surface area contributed by atoms with Gasteiger partial charge < -0.3 is 15.3 Å². The standard InChI is InChI=1S/C12H19N5O3/c18-11(19)7-9-2-5-17(6-3-9)12(20)13-4-1-10-14-8-15-16-10/h8-9H,1-7H2,(H,13,20)(H,18,19)(H,14,15,16). The Hall–Kier alpha value is -2.12. The van der Waals surface area contributed by atoms with Crippen molar-refractivity contribution in [2.75, 3.05) is 19.6 Å². The Kier molecular flexibility index (Phi) is 4.91. The maximum atomic E-state index is 11.9. The van der Waals surface area contributed by atoms with E-state index in [0.717, 1.165) is 18.7 Å². The number of rotatable bonds is 5. The van der Waals surface area contributed by atoms with Crippen molar-refractivity contribution < 1.29 is 14.7 Å². The van der Waals surface area contributed by atoms with Crippen LogP contribution in [0.1, 0.15) is 25.1 Å². The fraction of sp³-hybridized carbons (Fsp3) is 0.667. The van der Waals surface area contributed by atoms with Crippen LogP contribution in [-0.4, -0.2) is 56.8 Å². The molecule has 2 amide bonds. The van der Waals surface area contributed by atoms with E-state index in [-0.39, 0.29) is 18.4 Å². The van der Waals surface area contributed by atoms with Gasteiger partial charge in [0.15, 0.2) is 0 Å². The number of nitrogens with one attached hydrogen (secondary N) is 2. The van der Waals surface area contributed by atoms with Gasteiger partial charge >= 0.3 is 12.0 Å². The quantitative estimate of drug-likeness (QED) is 0.716. The number of hydrogen-bond acceptors (Lipinski definition) is 4. The van der Waals surface area contributed by atoms with Crippen molar-refractivity contribution in [1.82, 2.24) is 25.4 Å². The summed E-state index contributed by atoms with van der Waals surface area (Å²) in [6.07, 6.45) is 3.75. The first kappa shape index (κ1) is 14.3. The first-order valence-electron chi connectivity index (χ1n) is 6.74. The van der Waals surface area contributed by atoms with Crippen LogP contribution in [0.2, 0.25) is 0 Å². The molecule has 2 rings (SSSR count). The fourth-order valence-electron chi connectivity index (χ4n) is 2.34. The highest BCUT2D eigenvalue weighted by Crippen LogP contribution is 2.20. The van der Waals surface area contributed by atoms with Crippen molar-refractivity contribution in [2.24, 2.45) is 5.92 Å². The topological polar surface area (TPSA) is 111 Å². The molecule has 0 spiro atoms. The third-order valence-corrected chi connectivity index (χ3v) is 3.47. The zero-order valence-electron chi connectivity index (χ0n) is 11.2. The molecule has 0 unspecified atom stereocenters. The molecule has 0 aliphatic carbocycles. The molecule has 0 bridgehead atoms. The molecular weight excluding hydrogens is 262 g/mol. The predicted molar refractivity (Wildman–Crippen MR) is 70.0 cm³/mol. The van der Waals surface area contributed by atoms with Gasteiger partial charge in [0.1, 0.15) is 12.2 Å². The Bertz CT molecular complexity index is 440. The lowest BCUT2D eigenvalue weighted by Crippen LogP contribution is -2.45. The minimum atomic E-state index is -0.764. The molecule has 1 aromatic heterocycles. The normalized spacial score (nSPS) is 16.1. The van der Waals surface area contributed by atoms with Gasteiger partial charge in [-0.15, -0.1) is 0 Å². The first-order chi connectivity index (χ1) is 9.65. The van der Waals surface area contributed by atoms with Crippen LogP contribution in [0.25, 0.3) is 0 Å². The van der Waals surface area contributed by atoms with E-state index in [1.807, 2.05) is 0 Å². The number of aromatic amines is 1. The van der Waals surface area contributed by atoms with Crippen LogP contribution in [0.4, 0.5) is 4.79 Å². The third kappa shape index (κ3) is 4.22. The molecule has 2 heterocycles. The Labute approximate surface area is 116 Å². The third-order valence-electron chi connectivity index (χ3n) is 3.47. The van der Waals surface area contributed by atoms with Gasteiger partial charge in [-0.2, -0.15) is 5.10 Å². The van der Waals surface area contributed by atoms with E-state index in [9.17, 15) is 9.59 Å². The monoisotopic (exact) mass is 281 g/mol. The number of H-pyrrole nitrogens is 1. The first-order valence-corrected chi connectivity index (χ1v) is 6.74. The zero-order chi connectivity index (χ0) is 14.4. The number of nitrogens with zero attached hydrogens (tertiary/aromatic N) is 3. The largest absolute Gasteiger partial charge is 0.481 e. The summed E-state index contributed by atoms with van der Waals surface area (Å²) in [7, 11) is 0. The van der Waals surface area contributed by atoms with Crippen molar-refractivity contribution in [3.8, 4) is 0 Å². The summed E-state index contributed by atoms with van der Waals surface area (Å²) in [5.41, 5.74) is 0. The second kappa shape index (κ2) is 6.88. The Morgan fingerprint density at radius 2 is 2.20 bits per heavy atom. The number of carbonyl (C=O) groups is 2. The minimum Gasteiger partial charge on any atom is -0.481 e. The van der Waals surface area contributed by atoms with Gasteiger partial charge in [0, 0.05) is 32.5 Å². The van der Waals surface area contributed by atoms with Gasteiger partial charge in [-0.25, -0.2) is 9.78 Å². The highest BCUT2D eigenvalue weighted by Gasteiger charge is 2.23. The zero-order valence-corrected chi connectivity index (χ0v) is 11.2. The lowest BCUT2D eigenvalue weighted by atomic mass is 9.94. The van der Waals surface area contributed by atoms with Crippen LogP contribution in [0, 0.1) is 5.92 Å². The van der Waals surface area contributed by atoms with E-state index >= 15 is 0 Å². The number of carbonyl (C=O) groups excluding carboxylic acids is 1. The Morgan fingerprint density at radius 1 is 1.45 bits per heavy atom. The van der Waals surface area contributed by atoms with Crippen LogP contribution in [0.5, 0.6) is 0 Å². The van der Waals surface area contributed by atoms with Crippen molar-refractivity contribution in [1.29, 1.82) is 0 Å². The molecule has 110 valence electrons. The van der Waals surface area contributed by atoms with E-state index in [0.29, 0.717) is 26.1 Å². The maximum Gasteiger partial charge on any atom is 0.317 e. The van der Waals surface area contributed by atoms with E-state index in [1.54, 1.807) is 4.90 Å².